The second kappa shape index (κ2) is 5.06. The summed E-state index contributed by atoms with van der Waals surface area (Å²) in [5, 5.41) is 8.63. The van der Waals surface area contributed by atoms with Crippen molar-refractivity contribution in [3.05, 3.63) is 53.8 Å². The van der Waals surface area contributed by atoms with E-state index in [1.807, 2.05) is 0 Å². The summed E-state index contributed by atoms with van der Waals surface area (Å²) in [5.41, 5.74) is 0.814. The number of aliphatic carboxylic acids is 1. The highest BCUT2D eigenvalue weighted by Gasteiger charge is 2.09. The lowest BCUT2D eigenvalue weighted by Gasteiger charge is -1.99. The predicted octanol–water partition coefficient (Wildman–Crippen LogP) is 3.71. The van der Waals surface area contributed by atoms with Crippen LogP contribution in [-0.2, 0) is 4.79 Å². The zero-order valence-electron chi connectivity index (χ0n) is 9.98. The second-order valence-electron chi connectivity index (χ2n) is 3.96. The minimum atomic E-state index is -1.08. The normalized spacial score (nSPS) is 11.6. The summed E-state index contributed by atoms with van der Waals surface area (Å²) >= 11 is 0. The Kier molecular flexibility index (Phi) is 3.46. The number of rotatable bonds is 3. The van der Waals surface area contributed by atoms with Crippen LogP contribution in [-0.4, -0.2) is 11.1 Å². The number of hydrogen-bond donors (Lipinski definition) is 1. The van der Waals surface area contributed by atoms with Gasteiger partial charge in [-0.2, -0.15) is 0 Å². The number of carbonyl (C=O) groups is 1. The first kappa shape index (κ1) is 13.0. The van der Waals surface area contributed by atoms with Gasteiger partial charge in [-0.05, 0) is 42.8 Å². The highest BCUT2D eigenvalue weighted by Crippen LogP contribution is 2.26. The first-order valence-electron chi connectivity index (χ1n) is 5.44. The van der Waals surface area contributed by atoms with Crippen molar-refractivity contribution in [2.24, 2.45) is 0 Å². The number of furan rings is 1. The minimum absolute atomic E-state index is 0.340. The van der Waals surface area contributed by atoms with Crippen LogP contribution in [0.25, 0.3) is 16.9 Å². The number of halogens is 2. The smallest absolute Gasteiger partial charge is 0.328 e. The molecule has 1 N–H and O–H groups in total. The molecule has 19 heavy (non-hydrogen) atoms. The van der Waals surface area contributed by atoms with E-state index >= 15 is 0 Å². The number of allylic oxidation sites excluding steroid dienone is 1. The van der Waals surface area contributed by atoms with Crippen LogP contribution in [0.3, 0.4) is 0 Å². The van der Waals surface area contributed by atoms with Gasteiger partial charge >= 0.3 is 5.97 Å². The Morgan fingerprint density at radius 3 is 2.58 bits per heavy atom. The highest BCUT2D eigenvalue weighted by molar-refractivity contribution is 5.88. The Labute approximate surface area is 107 Å². The lowest BCUT2D eigenvalue weighted by atomic mass is 10.1. The average Bonchev–Trinajstić information content (AvgIpc) is 2.81. The Morgan fingerprint density at radius 2 is 1.95 bits per heavy atom. The quantitative estimate of drug-likeness (QED) is 0.860. The molecule has 0 bridgehead atoms. The lowest BCUT2D eigenvalue weighted by Crippen LogP contribution is -1.88. The van der Waals surface area contributed by atoms with Gasteiger partial charge < -0.3 is 9.52 Å². The molecule has 0 saturated heterocycles. The van der Waals surface area contributed by atoms with Crippen molar-refractivity contribution in [3.8, 4) is 11.3 Å². The molecule has 0 radical (unpaired) electrons. The van der Waals surface area contributed by atoms with Gasteiger partial charge in [0.1, 0.15) is 11.5 Å². The molecule has 0 aliphatic heterocycles. The van der Waals surface area contributed by atoms with Gasteiger partial charge in [0, 0.05) is 11.6 Å². The zero-order chi connectivity index (χ0) is 14.0. The SMILES string of the molecule is C/C(=C\C(=O)O)c1ccc(-c2ccc(F)c(F)c2)o1. The van der Waals surface area contributed by atoms with E-state index in [1.165, 1.54) is 6.07 Å². The third-order valence-corrected chi connectivity index (χ3v) is 2.54. The summed E-state index contributed by atoms with van der Waals surface area (Å²) in [4.78, 5) is 10.5. The number of carboxylic acid groups (broad SMARTS) is 1. The molecule has 1 aromatic heterocycles. The highest BCUT2D eigenvalue weighted by atomic mass is 19.2. The summed E-state index contributed by atoms with van der Waals surface area (Å²) < 4.78 is 31.3. The van der Waals surface area contributed by atoms with Crippen LogP contribution in [0, 0.1) is 11.6 Å². The van der Waals surface area contributed by atoms with E-state index in [2.05, 4.69) is 0 Å². The van der Waals surface area contributed by atoms with Gasteiger partial charge in [0.15, 0.2) is 11.6 Å². The molecule has 0 aliphatic rings. The standard InChI is InChI=1S/C14H10F2O3/c1-8(6-14(17)18)12-4-5-13(19-12)9-2-3-10(15)11(16)7-9/h2-7H,1H3,(H,17,18)/b8-6+. The fourth-order valence-electron chi connectivity index (χ4n) is 1.61. The number of benzene rings is 1. The van der Waals surface area contributed by atoms with Gasteiger partial charge in [-0.25, -0.2) is 13.6 Å². The Bertz CT molecular complexity index is 656. The summed E-state index contributed by atoms with van der Waals surface area (Å²) in [5.74, 6) is -2.27. The third kappa shape index (κ3) is 2.88. The topological polar surface area (TPSA) is 50.4 Å². The van der Waals surface area contributed by atoms with Gasteiger partial charge in [0.25, 0.3) is 0 Å². The molecule has 1 heterocycles. The Hall–Kier alpha value is -2.43. The molecule has 0 fully saturated rings. The molecule has 0 unspecified atom stereocenters. The third-order valence-electron chi connectivity index (χ3n) is 2.54. The Balaban J connectivity index is 2.35. The maximum atomic E-state index is 13.1. The van der Waals surface area contributed by atoms with Crippen molar-refractivity contribution >= 4 is 11.5 Å². The van der Waals surface area contributed by atoms with E-state index in [0.717, 1.165) is 18.2 Å². The van der Waals surface area contributed by atoms with Crippen LogP contribution in [0.5, 0.6) is 0 Å². The fraction of sp³-hybridized carbons (Fsp3) is 0.0714. The van der Waals surface area contributed by atoms with Crippen LogP contribution < -0.4 is 0 Å². The van der Waals surface area contributed by atoms with Gasteiger partial charge in [0.05, 0.1) is 0 Å². The molecule has 0 amide bonds. The number of hydrogen-bond acceptors (Lipinski definition) is 2. The van der Waals surface area contributed by atoms with Crippen LogP contribution in [0.1, 0.15) is 12.7 Å². The van der Waals surface area contributed by atoms with Crippen molar-refractivity contribution in [2.45, 2.75) is 6.92 Å². The molecule has 2 rings (SSSR count). The van der Waals surface area contributed by atoms with E-state index in [9.17, 15) is 13.6 Å². The lowest BCUT2D eigenvalue weighted by molar-refractivity contribution is -0.131. The van der Waals surface area contributed by atoms with Gasteiger partial charge in [0.2, 0.25) is 0 Å². The van der Waals surface area contributed by atoms with Crippen molar-refractivity contribution < 1.29 is 23.1 Å². The maximum Gasteiger partial charge on any atom is 0.328 e. The van der Waals surface area contributed by atoms with Crippen molar-refractivity contribution in [3.63, 3.8) is 0 Å². The van der Waals surface area contributed by atoms with Crippen molar-refractivity contribution in [1.29, 1.82) is 0 Å². The van der Waals surface area contributed by atoms with Gasteiger partial charge in [-0.15, -0.1) is 0 Å². The molecule has 0 aliphatic carbocycles. The van der Waals surface area contributed by atoms with Gasteiger partial charge in [-0.3, -0.25) is 0 Å². The second-order valence-corrected chi connectivity index (χ2v) is 3.96. The van der Waals surface area contributed by atoms with Crippen molar-refractivity contribution in [1.82, 2.24) is 0 Å². The summed E-state index contributed by atoms with van der Waals surface area (Å²) in [6.45, 7) is 1.59. The average molecular weight is 264 g/mol. The first-order chi connectivity index (χ1) is 8.97. The van der Waals surface area contributed by atoms with E-state index in [1.54, 1.807) is 19.1 Å². The molecule has 3 nitrogen and oxygen atoms in total. The maximum absolute atomic E-state index is 13.1. The molecule has 0 atom stereocenters. The summed E-state index contributed by atoms with van der Waals surface area (Å²) in [6, 6.07) is 6.56. The largest absolute Gasteiger partial charge is 0.478 e. The monoisotopic (exact) mass is 264 g/mol. The van der Waals surface area contributed by atoms with E-state index in [-0.39, 0.29) is 0 Å². The van der Waals surface area contributed by atoms with Gasteiger partial charge in [-0.1, -0.05) is 0 Å². The van der Waals surface area contributed by atoms with E-state index < -0.39 is 17.6 Å². The van der Waals surface area contributed by atoms with Crippen LogP contribution >= 0.6 is 0 Å². The Morgan fingerprint density at radius 1 is 1.21 bits per heavy atom. The van der Waals surface area contributed by atoms with Crippen LogP contribution in [0.2, 0.25) is 0 Å². The predicted molar refractivity (Wildman–Crippen MR) is 65.3 cm³/mol. The minimum Gasteiger partial charge on any atom is -0.478 e. The number of carboxylic acids is 1. The molecule has 0 saturated carbocycles. The van der Waals surface area contributed by atoms with E-state index in [0.29, 0.717) is 22.7 Å². The van der Waals surface area contributed by atoms with Crippen LogP contribution in [0.4, 0.5) is 8.78 Å². The zero-order valence-corrected chi connectivity index (χ0v) is 9.98. The van der Waals surface area contributed by atoms with Crippen molar-refractivity contribution in [2.75, 3.05) is 0 Å². The first-order valence-corrected chi connectivity index (χ1v) is 5.44. The molecule has 5 heteroatoms. The summed E-state index contributed by atoms with van der Waals surface area (Å²) in [6.07, 6.45) is 1.01. The molecular formula is C14H10F2O3. The molecule has 98 valence electrons. The summed E-state index contributed by atoms with van der Waals surface area (Å²) in [7, 11) is 0. The van der Waals surface area contributed by atoms with Crippen LogP contribution in [0.15, 0.2) is 40.8 Å². The van der Waals surface area contributed by atoms with E-state index in [4.69, 9.17) is 9.52 Å². The molecular weight excluding hydrogens is 254 g/mol. The fourth-order valence-corrected chi connectivity index (χ4v) is 1.61. The molecule has 1 aromatic carbocycles. The molecule has 2 aromatic rings. The molecule has 0 spiro atoms.